The number of carbonyl (C=O) groups is 1. The van der Waals surface area contributed by atoms with Crippen molar-refractivity contribution < 1.29 is 18.7 Å². The Morgan fingerprint density at radius 3 is 2.62 bits per heavy atom. The van der Waals surface area contributed by atoms with Crippen molar-refractivity contribution >= 4 is 5.97 Å². The second-order valence-corrected chi connectivity index (χ2v) is 6.29. The smallest absolute Gasteiger partial charge is 0.338 e. The second kappa shape index (κ2) is 6.87. The third-order valence-corrected chi connectivity index (χ3v) is 4.50. The molecule has 0 aliphatic carbocycles. The number of benzene rings is 1. The molecule has 138 valence electrons. The van der Waals surface area contributed by atoms with E-state index in [4.69, 9.17) is 9.47 Å². The Kier molecular flexibility index (Phi) is 4.78. The van der Waals surface area contributed by atoms with Gasteiger partial charge in [0.2, 0.25) is 0 Å². The number of H-pyrrole nitrogens is 1. The van der Waals surface area contributed by atoms with Crippen molar-refractivity contribution in [2.75, 3.05) is 0 Å². The van der Waals surface area contributed by atoms with Crippen LogP contribution in [-0.2, 0) is 9.47 Å². The number of carbonyl (C=O) groups excluding carboxylic acids is 1. The first kappa shape index (κ1) is 18.1. The number of hydrogen-bond donors (Lipinski definition) is 1. The van der Waals surface area contributed by atoms with Gasteiger partial charge in [-0.15, -0.1) is 0 Å². The van der Waals surface area contributed by atoms with Crippen molar-refractivity contribution in [3.05, 3.63) is 69.0 Å². The Labute approximate surface area is 148 Å². The normalized spacial score (nSPS) is 28.0. The molecule has 26 heavy (non-hydrogen) atoms. The van der Waals surface area contributed by atoms with Crippen molar-refractivity contribution in [2.24, 2.45) is 0 Å². The summed E-state index contributed by atoms with van der Waals surface area (Å²) in [5.74, 6) is -0.724. The van der Waals surface area contributed by atoms with Crippen LogP contribution in [0, 0.1) is 0 Å². The predicted molar refractivity (Wildman–Crippen MR) is 90.7 cm³/mol. The third kappa shape index (κ3) is 3.08. The van der Waals surface area contributed by atoms with Crippen LogP contribution in [0.3, 0.4) is 0 Å². The minimum absolute atomic E-state index is 0.258. The van der Waals surface area contributed by atoms with Crippen LogP contribution in [0.4, 0.5) is 4.39 Å². The summed E-state index contributed by atoms with van der Waals surface area (Å²) in [5.41, 5.74) is -2.84. The van der Waals surface area contributed by atoms with Gasteiger partial charge in [0, 0.05) is 12.3 Å². The van der Waals surface area contributed by atoms with Crippen molar-refractivity contribution in [3.63, 3.8) is 0 Å². The molecule has 0 unspecified atom stereocenters. The van der Waals surface area contributed by atoms with E-state index in [-0.39, 0.29) is 5.56 Å². The van der Waals surface area contributed by atoms with E-state index in [2.05, 4.69) is 4.98 Å². The van der Waals surface area contributed by atoms with Gasteiger partial charge in [-0.3, -0.25) is 14.3 Å². The molecule has 0 spiro atoms. The number of ether oxygens (including phenoxy) is 2. The molecular weight excluding hydrogens is 343 g/mol. The molecule has 0 saturated carbocycles. The standard InChI is InChI=1S/C18H19FN2O5/c1-3-12-14(19)18(2,26-15(23)11-7-5-4-6-8-11)16(25-12)21-10-9-13(22)20-17(21)24/h4-10,12,14,16H,3H2,1-2H3,(H,20,22,24)/t12-,14-,16-,18-/m1/s1. The largest absolute Gasteiger partial charge is 0.448 e. The summed E-state index contributed by atoms with van der Waals surface area (Å²) in [4.78, 5) is 38.0. The van der Waals surface area contributed by atoms with Crippen molar-refractivity contribution in [2.45, 2.75) is 44.4 Å². The topological polar surface area (TPSA) is 90.4 Å². The Balaban J connectivity index is 2.00. The maximum Gasteiger partial charge on any atom is 0.338 e. The number of hydrogen-bond acceptors (Lipinski definition) is 5. The summed E-state index contributed by atoms with van der Waals surface area (Å²) >= 11 is 0. The third-order valence-electron chi connectivity index (χ3n) is 4.50. The molecule has 1 N–H and O–H groups in total. The van der Waals surface area contributed by atoms with Crippen LogP contribution >= 0.6 is 0 Å². The molecule has 0 radical (unpaired) electrons. The number of aromatic amines is 1. The summed E-state index contributed by atoms with van der Waals surface area (Å²) in [6, 6.07) is 9.29. The molecule has 3 rings (SSSR count). The lowest BCUT2D eigenvalue weighted by Crippen LogP contribution is -2.48. The van der Waals surface area contributed by atoms with Gasteiger partial charge in [-0.05, 0) is 25.5 Å². The van der Waals surface area contributed by atoms with Crippen LogP contribution < -0.4 is 11.2 Å². The highest BCUT2D eigenvalue weighted by atomic mass is 19.1. The van der Waals surface area contributed by atoms with Gasteiger partial charge in [-0.25, -0.2) is 14.0 Å². The number of aromatic nitrogens is 2. The van der Waals surface area contributed by atoms with Gasteiger partial charge < -0.3 is 9.47 Å². The molecule has 1 saturated heterocycles. The fourth-order valence-corrected chi connectivity index (χ4v) is 3.07. The van der Waals surface area contributed by atoms with E-state index in [1.165, 1.54) is 13.1 Å². The quantitative estimate of drug-likeness (QED) is 0.838. The summed E-state index contributed by atoms with van der Waals surface area (Å²) in [7, 11) is 0. The molecule has 0 amide bonds. The van der Waals surface area contributed by atoms with Gasteiger partial charge in [0.25, 0.3) is 5.56 Å². The first-order valence-corrected chi connectivity index (χ1v) is 8.26. The Hall–Kier alpha value is -2.74. The van der Waals surface area contributed by atoms with Crippen molar-refractivity contribution in [1.29, 1.82) is 0 Å². The molecule has 1 aromatic heterocycles. The molecule has 4 atom stereocenters. The van der Waals surface area contributed by atoms with Crippen LogP contribution in [0.25, 0.3) is 0 Å². The van der Waals surface area contributed by atoms with Crippen molar-refractivity contribution in [3.8, 4) is 0 Å². The lowest BCUT2D eigenvalue weighted by Gasteiger charge is -2.31. The van der Waals surface area contributed by atoms with Crippen LogP contribution in [0.5, 0.6) is 0 Å². The lowest BCUT2D eigenvalue weighted by atomic mass is 9.96. The molecular formula is C18H19FN2O5. The van der Waals surface area contributed by atoms with Gasteiger partial charge in [-0.2, -0.15) is 0 Å². The SMILES string of the molecule is CC[C@H]1O[C@@H](n2ccc(=O)[nH]c2=O)[C@](C)(OC(=O)c2ccccc2)[C@@H]1F. The number of nitrogens with one attached hydrogen (secondary N) is 1. The van der Waals surface area contributed by atoms with E-state index in [0.717, 1.165) is 10.6 Å². The number of halogens is 1. The summed E-state index contributed by atoms with van der Waals surface area (Å²) in [6.07, 6.45) is -2.18. The molecule has 1 aliphatic heterocycles. The van der Waals surface area contributed by atoms with E-state index < -0.39 is 41.3 Å². The Morgan fingerprint density at radius 2 is 2.00 bits per heavy atom. The molecule has 1 aliphatic rings. The fourth-order valence-electron chi connectivity index (χ4n) is 3.07. The summed E-state index contributed by atoms with van der Waals surface area (Å²) < 4.78 is 27.3. The molecule has 2 heterocycles. The molecule has 0 bridgehead atoms. The van der Waals surface area contributed by atoms with E-state index in [1.807, 2.05) is 0 Å². The van der Waals surface area contributed by atoms with Crippen molar-refractivity contribution in [1.82, 2.24) is 9.55 Å². The minimum Gasteiger partial charge on any atom is -0.448 e. The van der Waals surface area contributed by atoms with Crippen LogP contribution in [0.2, 0.25) is 0 Å². The van der Waals surface area contributed by atoms with E-state index in [9.17, 15) is 14.4 Å². The fraction of sp³-hybridized carbons (Fsp3) is 0.389. The number of rotatable bonds is 4. The Morgan fingerprint density at radius 1 is 1.31 bits per heavy atom. The first-order valence-electron chi connectivity index (χ1n) is 8.26. The van der Waals surface area contributed by atoms with Gasteiger partial charge >= 0.3 is 11.7 Å². The van der Waals surface area contributed by atoms with Crippen LogP contribution in [-0.4, -0.2) is 33.4 Å². The second-order valence-electron chi connectivity index (χ2n) is 6.29. The molecule has 2 aromatic rings. The van der Waals surface area contributed by atoms with Crippen LogP contribution in [0.15, 0.2) is 52.2 Å². The lowest BCUT2D eigenvalue weighted by molar-refractivity contribution is -0.101. The number of esters is 1. The maximum atomic E-state index is 15.1. The molecule has 1 aromatic carbocycles. The van der Waals surface area contributed by atoms with E-state index in [1.54, 1.807) is 37.3 Å². The highest BCUT2D eigenvalue weighted by Gasteiger charge is 2.58. The van der Waals surface area contributed by atoms with E-state index >= 15 is 4.39 Å². The van der Waals surface area contributed by atoms with E-state index in [0.29, 0.717) is 6.42 Å². The van der Waals surface area contributed by atoms with Gasteiger partial charge in [-0.1, -0.05) is 25.1 Å². The minimum atomic E-state index is -1.74. The molecule has 7 nitrogen and oxygen atoms in total. The average Bonchev–Trinajstić information content (AvgIpc) is 2.87. The molecule has 8 heteroatoms. The highest BCUT2D eigenvalue weighted by molar-refractivity contribution is 5.89. The number of alkyl halides is 1. The molecule has 1 fully saturated rings. The zero-order valence-electron chi connectivity index (χ0n) is 14.3. The monoisotopic (exact) mass is 362 g/mol. The Bertz CT molecular complexity index is 910. The summed E-state index contributed by atoms with van der Waals surface area (Å²) in [5, 5.41) is 0. The van der Waals surface area contributed by atoms with Crippen LogP contribution in [0.1, 0.15) is 36.9 Å². The van der Waals surface area contributed by atoms with Gasteiger partial charge in [0.05, 0.1) is 11.7 Å². The maximum absolute atomic E-state index is 15.1. The predicted octanol–water partition coefficient (Wildman–Crippen LogP) is 1.80. The zero-order chi connectivity index (χ0) is 18.9. The highest BCUT2D eigenvalue weighted by Crippen LogP contribution is 2.43. The summed E-state index contributed by atoms with van der Waals surface area (Å²) in [6.45, 7) is 3.12. The van der Waals surface area contributed by atoms with Gasteiger partial charge in [0.15, 0.2) is 18.0 Å². The average molecular weight is 362 g/mol. The first-order chi connectivity index (χ1) is 12.4. The number of nitrogens with zero attached hydrogens (tertiary/aromatic N) is 1. The zero-order valence-corrected chi connectivity index (χ0v) is 14.3. The van der Waals surface area contributed by atoms with Gasteiger partial charge in [0.1, 0.15) is 0 Å².